The van der Waals surface area contributed by atoms with Crippen LogP contribution < -0.4 is 14.8 Å². The molecule has 0 saturated carbocycles. The van der Waals surface area contributed by atoms with Crippen LogP contribution in [0.1, 0.15) is 87.2 Å². The molecule has 0 saturated heterocycles. The minimum absolute atomic E-state index is 0.0322. The SMILES string of the molecule is CCCCCc1cc2c(c(O)c1C(=O)Nc1ccc(OC)cc1)C1C=C(C)CCC1C(C)(C)O2. The fourth-order valence-corrected chi connectivity index (χ4v) is 5.49. The van der Waals surface area contributed by atoms with Gasteiger partial charge < -0.3 is 19.9 Å². The van der Waals surface area contributed by atoms with Gasteiger partial charge in [0.25, 0.3) is 5.91 Å². The van der Waals surface area contributed by atoms with E-state index in [1.165, 1.54) is 5.57 Å². The predicted octanol–water partition coefficient (Wildman–Crippen LogP) is 7.00. The van der Waals surface area contributed by atoms with Gasteiger partial charge in [-0.25, -0.2) is 0 Å². The summed E-state index contributed by atoms with van der Waals surface area (Å²) in [6.07, 6.45) is 8.12. The highest BCUT2D eigenvalue weighted by Crippen LogP contribution is 2.54. The first kappa shape index (κ1) is 24.2. The van der Waals surface area contributed by atoms with Crippen LogP contribution >= 0.6 is 0 Å². The third-order valence-electron chi connectivity index (χ3n) is 7.35. The standard InChI is InChI=1S/C29H37NO4/c1-6-7-8-9-19-17-24-26(22-16-18(2)10-15-23(22)29(3,4)34-24)27(31)25(19)28(32)30-20-11-13-21(33-5)14-12-20/h11-14,16-17,22-23,31H,6-10,15H2,1-5H3,(H,30,32). The topological polar surface area (TPSA) is 67.8 Å². The summed E-state index contributed by atoms with van der Waals surface area (Å²) in [4.78, 5) is 13.5. The number of methoxy groups -OCH3 is 1. The Morgan fingerprint density at radius 1 is 1.24 bits per heavy atom. The van der Waals surface area contributed by atoms with E-state index in [2.05, 4.69) is 39.1 Å². The molecule has 2 N–H and O–H groups in total. The number of rotatable bonds is 7. The normalized spacial score (nSPS) is 20.4. The molecule has 0 aromatic heterocycles. The molecule has 1 aliphatic heterocycles. The number of nitrogens with one attached hydrogen (secondary N) is 1. The number of hydrogen-bond donors (Lipinski definition) is 2. The number of carbonyl (C=O) groups is 1. The Balaban J connectivity index is 1.79. The molecule has 182 valence electrons. The molecule has 0 bridgehead atoms. The summed E-state index contributed by atoms with van der Waals surface area (Å²) < 4.78 is 11.7. The lowest BCUT2D eigenvalue weighted by molar-refractivity contribution is 0.0107. The van der Waals surface area contributed by atoms with Crippen LogP contribution in [0.5, 0.6) is 17.2 Å². The molecule has 1 amide bonds. The molecular formula is C29H37NO4. The average Bonchev–Trinajstić information content (AvgIpc) is 2.79. The summed E-state index contributed by atoms with van der Waals surface area (Å²) in [5.41, 5.74) is 3.59. The summed E-state index contributed by atoms with van der Waals surface area (Å²) in [6.45, 7) is 8.58. The summed E-state index contributed by atoms with van der Waals surface area (Å²) in [5, 5.41) is 14.6. The first-order valence-electron chi connectivity index (χ1n) is 12.5. The highest BCUT2D eigenvalue weighted by Gasteiger charge is 2.46. The highest BCUT2D eigenvalue weighted by molar-refractivity contribution is 6.08. The molecular weight excluding hydrogens is 426 g/mol. The van der Waals surface area contributed by atoms with E-state index in [1.807, 2.05) is 6.07 Å². The molecule has 0 radical (unpaired) electrons. The van der Waals surface area contributed by atoms with Crippen molar-refractivity contribution in [3.63, 3.8) is 0 Å². The number of phenols is 1. The molecule has 0 spiro atoms. The Hall–Kier alpha value is -2.95. The second-order valence-electron chi connectivity index (χ2n) is 10.2. The molecule has 2 aromatic carbocycles. The van der Waals surface area contributed by atoms with Gasteiger partial charge in [0.1, 0.15) is 22.8 Å². The van der Waals surface area contributed by atoms with Gasteiger partial charge in [0, 0.05) is 23.1 Å². The van der Waals surface area contributed by atoms with Gasteiger partial charge in [0.2, 0.25) is 0 Å². The molecule has 1 heterocycles. The van der Waals surface area contributed by atoms with Crippen molar-refractivity contribution in [1.82, 2.24) is 0 Å². The molecule has 5 nitrogen and oxygen atoms in total. The summed E-state index contributed by atoms with van der Waals surface area (Å²) in [5.74, 6) is 1.48. The molecule has 2 aliphatic rings. The third-order valence-corrected chi connectivity index (χ3v) is 7.35. The maximum atomic E-state index is 13.5. The Kier molecular flexibility index (Phi) is 6.92. The molecule has 2 unspecified atom stereocenters. The van der Waals surface area contributed by atoms with Crippen LogP contribution in [0.25, 0.3) is 0 Å². The molecule has 5 heteroatoms. The maximum absolute atomic E-state index is 13.5. The van der Waals surface area contributed by atoms with Crippen molar-refractivity contribution in [2.45, 2.75) is 77.7 Å². The first-order valence-corrected chi connectivity index (χ1v) is 12.5. The number of unbranched alkanes of at least 4 members (excludes halogenated alkanes) is 2. The number of aryl methyl sites for hydroxylation is 1. The molecule has 2 atom stereocenters. The van der Waals surface area contributed by atoms with Crippen LogP contribution in [0, 0.1) is 5.92 Å². The van der Waals surface area contributed by atoms with Gasteiger partial charge in [-0.2, -0.15) is 0 Å². The van der Waals surface area contributed by atoms with E-state index in [4.69, 9.17) is 9.47 Å². The fraction of sp³-hybridized carbons (Fsp3) is 0.483. The second kappa shape index (κ2) is 9.73. The molecule has 2 aromatic rings. The van der Waals surface area contributed by atoms with E-state index >= 15 is 0 Å². The van der Waals surface area contributed by atoms with Gasteiger partial charge in [0.05, 0.1) is 12.7 Å². The average molecular weight is 464 g/mol. The van der Waals surface area contributed by atoms with Gasteiger partial charge in [-0.15, -0.1) is 0 Å². The van der Waals surface area contributed by atoms with E-state index in [-0.39, 0.29) is 29.1 Å². The van der Waals surface area contributed by atoms with E-state index in [9.17, 15) is 9.90 Å². The summed E-state index contributed by atoms with van der Waals surface area (Å²) in [6, 6.07) is 9.22. The predicted molar refractivity (Wildman–Crippen MR) is 136 cm³/mol. The van der Waals surface area contributed by atoms with E-state index in [0.29, 0.717) is 23.4 Å². The molecule has 34 heavy (non-hydrogen) atoms. The van der Waals surface area contributed by atoms with Gasteiger partial charge in [-0.3, -0.25) is 4.79 Å². The lowest BCUT2D eigenvalue weighted by Gasteiger charge is -2.46. The number of hydrogen-bond acceptors (Lipinski definition) is 4. The van der Waals surface area contributed by atoms with Crippen LogP contribution in [0.3, 0.4) is 0 Å². The Labute approximate surface area is 203 Å². The van der Waals surface area contributed by atoms with Crippen molar-refractivity contribution in [2.24, 2.45) is 5.92 Å². The largest absolute Gasteiger partial charge is 0.507 e. The second-order valence-corrected chi connectivity index (χ2v) is 10.2. The highest BCUT2D eigenvalue weighted by atomic mass is 16.5. The Morgan fingerprint density at radius 3 is 2.65 bits per heavy atom. The first-order chi connectivity index (χ1) is 16.2. The number of aromatic hydroxyl groups is 1. The lowest BCUT2D eigenvalue weighted by Crippen LogP contribution is -2.45. The van der Waals surface area contributed by atoms with E-state index in [1.54, 1.807) is 31.4 Å². The Morgan fingerprint density at radius 2 is 1.97 bits per heavy atom. The quantitative estimate of drug-likeness (QED) is 0.343. The van der Waals surface area contributed by atoms with Crippen LogP contribution in [0.15, 0.2) is 42.0 Å². The number of phenolic OH excluding ortho intramolecular Hbond substituents is 1. The third kappa shape index (κ3) is 4.66. The number of amides is 1. The van der Waals surface area contributed by atoms with Gasteiger partial charge in [-0.1, -0.05) is 31.4 Å². The number of ether oxygens (including phenoxy) is 2. The van der Waals surface area contributed by atoms with Crippen LogP contribution in [0.2, 0.25) is 0 Å². The zero-order chi connectivity index (χ0) is 24.5. The van der Waals surface area contributed by atoms with E-state index in [0.717, 1.165) is 49.0 Å². The van der Waals surface area contributed by atoms with Crippen molar-refractivity contribution >= 4 is 11.6 Å². The lowest BCUT2D eigenvalue weighted by atomic mass is 9.67. The monoisotopic (exact) mass is 463 g/mol. The number of carbonyl (C=O) groups excluding carboxylic acids is 1. The summed E-state index contributed by atoms with van der Waals surface area (Å²) in [7, 11) is 1.61. The van der Waals surface area contributed by atoms with Crippen LogP contribution in [0.4, 0.5) is 5.69 Å². The minimum atomic E-state index is -0.338. The number of allylic oxidation sites excluding steroid dienone is 2. The molecule has 1 aliphatic carbocycles. The number of fused-ring (bicyclic) bond motifs is 3. The van der Waals surface area contributed by atoms with Crippen LogP contribution in [-0.2, 0) is 6.42 Å². The number of benzene rings is 2. The van der Waals surface area contributed by atoms with Crippen molar-refractivity contribution in [2.75, 3.05) is 12.4 Å². The molecule has 0 fully saturated rings. The maximum Gasteiger partial charge on any atom is 0.259 e. The van der Waals surface area contributed by atoms with Gasteiger partial charge in [0.15, 0.2) is 0 Å². The van der Waals surface area contributed by atoms with E-state index < -0.39 is 0 Å². The van der Waals surface area contributed by atoms with Gasteiger partial charge >= 0.3 is 0 Å². The van der Waals surface area contributed by atoms with Gasteiger partial charge in [-0.05, 0) is 82.3 Å². The van der Waals surface area contributed by atoms with Crippen molar-refractivity contribution < 1.29 is 19.4 Å². The fourth-order valence-electron chi connectivity index (χ4n) is 5.49. The van der Waals surface area contributed by atoms with Crippen LogP contribution in [-0.4, -0.2) is 23.7 Å². The van der Waals surface area contributed by atoms with Crippen molar-refractivity contribution in [1.29, 1.82) is 0 Å². The molecule has 4 rings (SSSR count). The van der Waals surface area contributed by atoms with Crippen molar-refractivity contribution in [3.8, 4) is 17.2 Å². The number of anilines is 1. The summed E-state index contributed by atoms with van der Waals surface area (Å²) >= 11 is 0. The smallest absolute Gasteiger partial charge is 0.259 e. The Bertz CT molecular complexity index is 1080. The minimum Gasteiger partial charge on any atom is -0.507 e. The zero-order valence-electron chi connectivity index (χ0n) is 21.0. The van der Waals surface area contributed by atoms with Crippen molar-refractivity contribution in [3.05, 3.63) is 58.7 Å². The zero-order valence-corrected chi connectivity index (χ0v) is 21.0.